The van der Waals surface area contributed by atoms with Gasteiger partial charge in [-0.3, -0.25) is 9.59 Å². The summed E-state index contributed by atoms with van der Waals surface area (Å²) in [6.07, 6.45) is 6.84. The number of fused-ring (bicyclic) bond motifs is 1. The largest absolute Gasteiger partial charge is 0.513 e. The lowest BCUT2D eigenvalue weighted by atomic mass is 10.0. The second kappa shape index (κ2) is 15.8. The molecular formula is C34H32O12S. The molecule has 2 heterocycles. The van der Waals surface area contributed by atoms with Gasteiger partial charge in [-0.2, -0.15) is 0 Å². The minimum Gasteiger partial charge on any atom is -0.507 e. The van der Waals surface area contributed by atoms with Crippen molar-refractivity contribution in [2.45, 2.75) is 49.4 Å². The third-order valence-electron chi connectivity index (χ3n) is 6.82. The zero-order chi connectivity index (χ0) is 34.1. The van der Waals surface area contributed by atoms with Crippen molar-refractivity contribution in [1.82, 2.24) is 0 Å². The number of hydrogen-bond donors (Lipinski definition) is 4. The number of aliphatic hydroxyl groups is 1. The Hall–Kier alpha value is -5.27. The zero-order valence-corrected chi connectivity index (χ0v) is 26.2. The average Bonchev–Trinajstić information content (AvgIpc) is 3.51. The number of rotatable bonds is 15. The van der Waals surface area contributed by atoms with Crippen molar-refractivity contribution in [3.05, 3.63) is 106 Å². The predicted octanol–water partition coefficient (Wildman–Crippen LogP) is 6.78. The first kappa shape index (κ1) is 34.6. The summed E-state index contributed by atoms with van der Waals surface area (Å²) < 4.78 is 21.1. The van der Waals surface area contributed by atoms with Gasteiger partial charge < -0.3 is 38.7 Å². The number of thioether (sulfide) groups is 1. The number of aromatic hydroxyl groups is 1. The molecule has 0 saturated carbocycles. The third-order valence-corrected chi connectivity index (χ3v) is 8.03. The third kappa shape index (κ3) is 8.93. The van der Waals surface area contributed by atoms with E-state index in [9.17, 15) is 34.5 Å². The normalized spacial score (nSPS) is 12.8. The molecule has 0 aliphatic carbocycles. The number of carbonyl (C=O) groups is 3. The molecule has 0 radical (unpaired) electrons. The minimum absolute atomic E-state index is 0.0216. The quantitative estimate of drug-likeness (QED) is 0.0342. The van der Waals surface area contributed by atoms with E-state index in [4.69, 9.17) is 18.7 Å². The van der Waals surface area contributed by atoms with Crippen molar-refractivity contribution in [3.63, 3.8) is 0 Å². The fraction of sp³-hybridized carbons (Fsp3) is 0.235. The van der Waals surface area contributed by atoms with Crippen molar-refractivity contribution in [3.8, 4) is 17.4 Å². The number of carboxylic acid groups (broad SMARTS) is 2. The molecule has 4 N–H and O–H groups in total. The van der Waals surface area contributed by atoms with Gasteiger partial charge >= 0.3 is 12.1 Å². The Balaban J connectivity index is 1.50. The molecule has 0 saturated heterocycles. The highest BCUT2D eigenvalue weighted by molar-refractivity contribution is 8.00. The Labute approximate surface area is 272 Å². The molecule has 4 aromatic rings. The van der Waals surface area contributed by atoms with E-state index in [2.05, 4.69) is 4.74 Å². The highest BCUT2D eigenvalue weighted by atomic mass is 32.2. The highest BCUT2D eigenvalue weighted by Crippen LogP contribution is 2.36. The number of carboxylic acids is 1. The molecule has 12 nitrogen and oxygen atoms in total. The van der Waals surface area contributed by atoms with Gasteiger partial charge in [0, 0.05) is 10.5 Å². The Kier molecular flexibility index (Phi) is 11.7. The van der Waals surface area contributed by atoms with Gasteiger partial charge in [-0.05, 0) is 56.2 Å². The maximum Gasteiger partial charge on any atom is 0.513 e. The number of allylic oxidation sites excluding steroid dienone is 2. The van der Waals surface area contributed by atoms with Crippen molar-refractivity contribution in [2.24, 2.45) is 0 Å². The monoisotopic (exact) mass is 664 g/mol. The molecular weight excluding hydrogens is 632 g/mol. The highest BCUT2D eigenvalue weighted by Gasteiger charge is 2.25. The summed E-state index contributed by atoms with van der Waals surface area (Å²) in [7, 11) is 0. The number of ether oxygens (including phenoxy) is 2. The molecule has 0 aliphatic heterocycles. The van der Waals surface area contributed by atoms with Crippen LogP contribution in [-0.2, 0) is 6.42 Å². The number of Topliss-reactive ketones (excluding diaryl/α,β-unsaturated/α-hetero) is 1. The van der Waals surface area contributed by atoms with E-state index in [0.717, 1.165) is 30.5 Å². The number of phenols is 1. The maximum atomic E-state index is 12.4. The Bertz CT molecular complexity index is 1880. The summed E-state index contributed by atoms with van der Waals surface area (Å²) in [4.78, 5) is 47.0. The van der Waals surface area contributed by atoms with Crippen LogP contribution >= 0.6 is 11.8 Å². The number of aromatic carboxylic acids is 1. The fourth-order valence-electron chi connectivity index (χ4n) is 4.59. The first-order chi connectivity index (χ1) is 22.5. The zero-order valence-electron chi connectivity index (χ0n) is 25.4. The van der Waals surface area contributed by atoms with Gasteiger partial charge in [0.2, 0.25) is 0 Å². The van der Waals surface area contributed by atoms with Gasteiger partial charge in [0.05, 0.1) is 34.4 Å². The Morgan fingerprint density at radius 2 is 1.85 bits per heavy atom. The van der Waals surface area contributed by atoms with Crippen LogP contribution < -0.4 is 14.9 Å². The van der Waals surface area contributed by atoms with Crippen LogP contribution in [0.5, 0.6) is 17.4 Å². The predicted molar refractivity (Wildman–Crippen MR) is 172 cm³/mol. The SMILES string of the molecule is CCCc1c(OCC/C=C\C=C\[C@H](Sc2ccc3c(=O)cc(OC(=O)O)oc3c2)[C@H](O)c2cc(C(=O)O)co2)ccc(C(C)=O)c1O. The number of benzene rings is 2. The van der Waals surface area contributed by atoms with Crippen LogP contribution in [-0.4, -0.2) is 50.2 Å². The number of phenolic OH excluding ortho intramolecular Hbond substituents is 1. The second-order valence-corrected chi connectivity index (χ2v) is 11.5. The molecule has 0 fully saturated rings. The number of carbonyl (C=O) groups excluding carboxylic acids is 1. The molecule has 13 heteroatoms. The lowest BCUT2D eigenvalue weighted by Gasteiger charge is -2.18. The summed E-state index contributed by atoms with van der Waals surface area (Å²) in [6.45, 7) is 3.65. The lowest BCUT2D eigenvalue weighted by Crippen LogP contribution is -2.12. The van der Waals surface area contributed by atoms with Crippen molar-refractivity contribution in [1.29, 1.82) is 0 Å². The molecule has 47 heavy (non-hydrogen) atoms. The van der Waals surface area contributed by atoms with Gasteiger partial charge in [0.25, 0.3) is 5.95 Å². The van der Waals surface area contributed by atoms with Crippen molar-refractivity contribution >= 4 is 40.6 Å². The van der Waals surface area contributed by atoms with E-state index < -0.39 is 34.9 Å². The molecule has 2 atom stereocenters. The van der Waals surface area contributed by atoms with Gasteiger partial charge in [0.1, 0.15) is 35.2 Å². The summed E-state index contributed by atoms with van der Waals surface area (Å²) in [5.41, 5.74) is 0.262. The second-order valence-electron chi connectivity index (χ2n) is 10.2. The Morgan fingerprint density at radius 3 is 2.53 bits per heavy atom. The number of furan rings is 1. The first-order valence-electron chi connectivity index (χ1n) is 14.5. The standard InChI is InChI=1S/C34H32O12S/c1-3-8-24-26(13-12-22(19(2)35)31(24)37)43-14-7-5-4-6-9-29(32(38)28-15-20(18-44-28)33(39)40)47-21-10-11-23-25(36)17-30(46-34(41)42)45-27(23)16-21/h4-6,9-13,15-18,29,32,37-38H,3,7-8,14H2,1-2H3,(H,39,40)(H,41,42)/b5-4-,9-6+/t29-,32+/m0/s1. The van der Waals surface area contributed by atoms with E-state index in [1.807, 2.05) is 13.0 Å². The topological polar surface area (TPSA) is 194 Å². The molecule has 4 rings (SSSR count). The van der Waals surface area contributed by atoms with E-state index in [-0.39, 0.29) is 39.4 Å². The molecule has 246 valence electrons. The molecule has 2 aromatic carbocycles. The fourth-order valence-corrected chi connectivity index (χ4v) is 5.65. The van der Waals surface area contributed by atoms with Crippen molar-refractivity contribution in [2.75, 3.05) is 6.61 Å². The van der Waals surface area contributed by atoms with Crippen molar-refractivity contribution < 1.29 is 53.1 Å². The molecule has 0 unspecified atom stereocenters. The molecule has 0 amide bonds. The number of ketones is 1. The van der Waals surface area contributed by atoms with Crippen LogP contribution in [0.15, 0.2) is 91.6 Å². The average molecular weight is 665 g/mol. The first-order valence-corrected chi connectivity index (χ1v) is 15.3. The molecule has 0 bridgehead atoms. The van der Waals surface area contributed by atoms with Gasteiger partial charge in [0.15, 0.2) is 11.2 Å². The smallest absolute Gasteiger partial charge is 0.507 e. The lowest BCUT2D eigenvalue weighted by molar-refractivity contribution is 0.0695. The van der Waals surface area contributed by atoms with E-state index in [0.29, 0.717) is 35.7 Å². The number of hydrogen-bond acceptors (Lipinski definition) is 11. The molecule has 2 aromatic heterocycles. The summed E-state index contributed by atoms with van der Waals surface area (Å²) >= 11 is 1.16. The Morgan fingerprint density at radius 1 is 1.06 bits per heavy atom. The van der Waals surface area contributed by atoms with Crippen LogP contribution in [0.4, 0.5) is 4.79 Å². The van der Waals surface area contributed by atoms with E-state index in [1.54, 1.807) is 30.4 Å². The molecule has 0 aliphatic rings. The van der Waals surface area contributed by atoms with Crippen LogP contribution in [0.3, 0.4) is 0 Å². The van der Waals surface area contributed by atoms with Crippen LogP contribution in [0.25, 0.3) is 11.0 Å². The molecule has 0 spiro atoms. The maximum absolute atomic E-state index is 12.4. The minimum atomic E-state index is -1.64. The van der Waals surface area contributed by atoms with Crippen LogP contribution in [0.2, 0.25) is 0 Å². The van der Waals surface area contributed by atoms with Gasteiger partial charge in [-0.15, -0.1) is 11.8 Å². The summed E-state index contributed by atoms with van der Waals surface area (Å²) in [5, 5.41) is 39.3. The van der Waals surface area contributed by atoms with E-state index in [1.165, 1.54) is 31.2 Å². The van der Waals surface area contributed by atoms with Crippen LogP contribution in [0.1, 0.15) is 64.8 Å². The summed E-state index contributed by atoms with van der Waals surface area (Å²) in [6, 6.07) is 9.98. The van der Waals surface area contributed by atoms with Gasteiger partial charge in [-0.25, -0.2) is 9.59 Å². The van der Waals surface area contributed by atoms with Gasteiger partial charge in [-0.1, -0.05) is 37.6 Å². The van der Waals surface area contributed by atoms with Crippen LogP contribution in [0, 0.1) is 0 Å². The van der Waals surface area contributed by atoms with E-state index >= 15 is 0 Å². The number of aliphatic hydroxyl groups excluding tert-OH is 1. The summed E-state index contributed by atoms with van der Waals surface area (Å²) in [5.74, 6) is -1.48.